The molecule has 1 amide bonds. The second-order valence-corrected chi connectivity index (χ2v) is 6.06. The third-order valence-electron chi connectivity index (χ3n) is 4.47. The third kappa shape index (κ3) is 4.97. The van der Waals surface area contributed by atoms with Crippen molar-refractivity contribution in [2.75, 3.05) is 19.6 Å². The van der Waals surface area contributed by atoms with Crippen LogP contribution in [0.3, 0.4) is 0 Å². The molecule has 1 unspecified atom stereocenters. The normalized spacial score (nSPS) is 25.9. The summed E-state index contributed by atoms with van der Waals surface area (Å²) in [6, 6.07) is 0. The van der Waals surface area contributed by atoms with Gasteiger partial charge in [-0.25, -0.2) is 0 Å². The zero-order chi connectivity index (χ0) is 12.6. The number of carbonyl (C=O) groups is 1. The van der Waals surface area contributed by atoms with Crippen molar-refractivity contribution in [3.8, 4) is 0 Å². The summed E-state index contributed by atoms with van der Waals surface area (Å²) in [5.74, 6) is 1.72. The zero-order valence-corrected chi connectivity index (χ0v) is 11.5. The number of hydrogen-bond acceptors (Lipinski definition) is 2. The lowest BCUT2D eigenvalue weighted by atomic mass is 9.87. The molecule has 2 fully saturated rings. The highest BCUT2D eigenvalue weighted by Gasteiger charge is 2.17. The van der Waals surface area contributed by atoms with Crippen molar-refractivity contribution in [2.45, 2.75) is 57.8 Å². The molecule has 1 saturated carbocycles. The molecule has 1 aliphatic heterocycles. The molecule has 0 aromatic heterocycles. The highest BCUT2D eigenvalue weighted by atomic mass is 16.1. The molecule has 2 rings (SSSR count). The van der Waals surface area contributed by atoms with Gasteiger partial charge in [0.1, 0.15) is 0 Å². The predicted molar refractivity (Wildman–Crippen MR) is 74.4 cm³/mol. The van der Waals surface area contributed by atoms with Gasteiger partial charge in [0.25, 0.3) is 0 Å². The van der Waals surface area contributed by atoms with Crippen molar-refractivity contribution >= 4 is 5.91 Å². The second kappa shape index (κ2) is 7.78. The van der Waals surface area contributed by atoms with Gasteiger partial charge in [-0.1, -0.05) is 19.3 Å². The van der Waals surface area contributed by atoms with Crippen LogP contribution < -0.4 is 10.6 Å². The molecule has 0 aromatic rings. The fourth-order valence-corrected chi connectivity index (χ4v) is 3.31. The van der Waals surface area contributed by atoms with Crippen LogP contribution in [-0.2, 0) is 4.79 Å². The van der Waals surface area contributed by atoms with Crippen molar-refractivity contribution in [1.29, 1.82) is 0 Å². The maximum absolute atomic E-state index is 11.8. The minimum atomic E-state index is 0.283. The van der Waals surface area contributed by atoms with E-state index in [1.165, 1.54) is 51.5 Å². The Bertz CT molecular complexity index is 243. The summed E-state index contributed by atoms with van der Waals surface area (Å²) in [6.45, 7) is 3.18. The molecular formula is C15H28N2O. The van der Waals surface area contributed by atoms with Gasteiger partial charge in [0.15, 0.2) is 0 Å². The van der Waals surface area contributed by atoms with Crippen LogP contribution in [0.25, 0.3) is 0 Å². The number of nitrogens with one attached hydrogen (secondary N) is 2. The second-order valence-electron chi connectivity index (χ2n) is 6.06. The Kier molecular flexibility index (Phi) is 5.98. The van der Waals surface area contributed by atoms with Crippen LogP contribution in [-0.4, -0.2) is 25.5 Å². The lowest BCUT2D eigenvalue weighted by Gasteiger charge is -2.23. The van der Waals surface area contributed by atoms with E-state index in [2.05, 4.69) is 10.6 Å². The van der Waals surface area contributed by atoms with Gasteiger partial charge in [0, 0.05) is 13.0 Å². The highest BCUT2D eigenvalue weighted by molar-refractivity contribution is 5.76. The van der Waals surface area contributed by atoms with Crippen LogP contribution in [0.4, 0.5) is 0 Å². The summed E-state index contributed by atoms with van der Waals surface area (Å²) < 4.78 is 0. The molecule has 104 valence electrons. The average Bonchev–Trinajstić information content (AvgIpc) is 2.41. The Balaban J connectivity index is 1.53. The van der Waals surface area contributed by atoms with Gasteiger partial charge in [0.2, 0.25) is 5.91 Å². The average molecular weight is 252 g/mol. The zero-order valence-electron chi connectivity index (χ0n) is 11.5. The van der Waals surface area contributed by atoms with E-state index in [0.717, 1.165) is 31.8 Å². The minimum absolute atomic E-state index is 0.283. The fraction of sp³-hybridized carbons (Fsp3) is 0.933. The molecule has 3 nitrogen and oxygen atoms in total. The molecular weight excluding hydrogens is 224 g/mol. The Hall–Kier alpha value is -0.570. The SMILES string of the molecule is O=C(CC1CCCCC1)NCCC1CCCNC1. The summed E-state index contributed by atoms with van der Waals surface area (Å²) in [7, 11) is 0. The molecule has 2 N–H and O–H groups in total. The predicted octanol–water partition coefficient (Wildman–Crippen LogP) is 2.46. The fourth-order valence-electron chi connectivity index (χ4n) is 3.31. The van der Waals surface area contributed by atoms with Crippen molar-refractivity contribution in [1.82, 2.24) is 10.6 Å². The van der Waals surface area contributed by atoms with E-state index < -0.39 is 0 Å². The molecule has 3 heteroatoms. The first-order valence-electron chi connectivity index (χ1n) is 7.82. The quantitative estimate of drug-likeness (QED) is 0.789. The minimum Gasteiger partial charge on any atom is -0.356 e. The molecule has 1 atom stereocenters. The van der Waals surface area contributed by atoms with Gasteiger partial charge in [-0.2, -0.15) is 0 Å². The largest absolute Gasteiger partial charge is 0.356 e. The van der Waals surface area contributed by atoms with Crippen LogP contribution >= 0.6 is 0 Å². The number of rotatable bonds is 5. The first-order valence-corrected chi connectivity index (χ1v) is 7.82. The Labute approximate surface area is 111 Å². The van der Waals surface area contributed by atoms with Crippen molar-refractivity contribution < 1.29 is 4.79 Å². The van der Waals surface area contributed by atoms with Gasteiger partial charge >= 0.3 is 0 Å². The van der Waals surface area contributed by atoms with E-state index in [4.69, 9.17) is 0 Å². The molecule has 1 saturated heterocycles. The van der Waals surface area contributed by atoms with E-state index in [9.17, 15) is 4.79 Å². The van der Waals surface area contributed by atoms with Crippen molar-refractivity contribution in [3.63, 3.8) is 0 Å². The maximum Gasteiger partial charge on any atom is 0.220 e. The Morgan fingerprint density at radius 3 is 2.56 bits per heavy atom. The first kappa shape index (κ1) is 13.9. The van der Waals surface area contributed by atoms with E-state index in [-0.39, 0.29) is 5.91 Å². The smallest absolute Gasteiger partial charge is 0.220 e. The van der Waals surface area contributed by atoms with Gasteiger partial charge in [-0.05, 0) is 57.0 Å². The Morgan fingerprint density at radius 2 is 1.83 bits per heavy atom. The molecule has 0 bridgehead atoms. The van der Waals surface area contributed by atoms with Crippen molar-refractivity contribution in [2.24, 2.45) is 11.8 Å². The monoisotopic (exact) mass is 252 g/mol. The summed E-state index contributed by atoms with van der Waals surface area (Å²) in [6.07, 6.45) is 11.1. The molecule has 1 aliphatic carbocycles. The summed E-state index contributed by atoms with van der Waals surface area (Å²) in [5.41, 5.74) is 0. The van der Waals surface area contributed by atoms with Crippen LogP contribution in [0.2, 0.25) is 0 Å². The molecule has 2 aliphatic rings. The van der Waals surface area contributed by atoms with Crippen LogP contribution in [0, 0.1) is 11.8 Å². The molecule has 0 spiro atoms. The third-order valence-corrected chi connectivity index (χ3v) is 4.47. The van der Waals surface area contributed by atoms with E-state index in [1.807, 2.05) is 0 Å². The summed E-state index contributed by atoms with van der Waals surface area (Å²) in [5, 5.41) is 6.54. The molecule has 0 radical (unpaired) electrons. The van der Waals surface area contributed by atoms with Crippen molar-refractivity contribution in [3.05, 3.63) is 0 Å². The molecule has 0 aromatic carbocycles. The van der Waals surface area contributed by atoms with E-state index in [0.29, 0.717) is 5.92 Å². The van der Waals surface area contributed by atoms with E-state index >= 15 is 0 Å². The molecule has 18 heavy (non-hydrogen) atoms. The summed E-state index contributed by atoms with van der Waals surface area (Å²) in [4.78, 5) is 11.8. The number of carbonyl (C=O) groups excluding carboxylic acids is 1. The van der Waals surface area contributed by atoms with Gasteiger partial charge in [-0.15, -0.1) is 0 Å². The molecule has 1 heterocycles. The van der Waals surface area contributed by atoms with Gasteiger partial charge in [0.05, 0.1) is 0 Å². The van der Waals surface area contributed by atoms with Crippen LogP contribution in [0.5, 0.6) is 0 Å². The van der Waals surface area contributed by atoms with Gasteiger partial charge in [-0.3, -0.25) is 4.79 Å². The Morgan fingerprint density at radius 1 is 1.06 bits per heavy atom. The lowest BCUT2D eigenvalue weighted by Crippen LogP contribution is -2.33. The standard InChI is InChI=1S/C15H28N2O/c18-15(11-13-5-2-1-3-6-13)17-10-8-14-7-4-9-16-12-14/h13-14,16H,1-12H2,(H,17,18). The summed E-state index contributed by atoms with van der Waals surface area (Å²) >= 11 is 0. The maximum atomic E-state index is 11.8. The van der Waals surface area contributed by atoms with Gasteiger partial charge < -0.3 is 10.6 Å². The number of piperidine rings is 1. The lowest BCUT2D eigenvalue weighted by molar-refractivity contribution is -0.122. The number of hydrogen-bond donors (Lipinski definition) is 2. The first-order chi connectivity index (χ1) is 8.84. The van der Waals surface area contributed by atoms with Crippen LogP contribution in [0.15, 0.2) is 0 Å². The van der Waals surface area contributed by atoms with E-state index in [1.54, 1.807) is 0 Å². The number of amides is 1. The topological polar surface area (TPSA) is 41.1 Å². The van der Waals surface area contributed by atoms with Crippen LogP contribution in [0.1, 0.15) is 57.8 Å². The highest BCUT2D eigenvalue weighted by Crippen LogP contribution is 2.26.